The molecule has 1 aliphatic heterocycles. The molecule has 16 heavy (non-hydrogen) atoms. The van der Waals surface area contributed by atoms with Gasteiger partial charge < -0.3 is 0 Å². The van der Waals surface area contributed by atoms with E-state index in [1.807, 2.05) is 0 Å². The summed E-state index contributed by atoms with van der Waals surface area (Å²) in [6.07, 6.45) is 4.09. The predicted molar refractivity (Wildman–Crippen MR) is 80.4 cm³/mol. The highest BCUT2D eigenvalue weighted by Crippen LogP contribution is 2.56. The summed E-state index contributed by atoms with van der Waals surface area (Å²) in [6, 6.07) is 0. The van der Waals surface area contributed by atoms with Crippen LogP contribution in [0.15, 0.2) is 0 Å². The van der Waals surface area contributed by atoms with Crippen molar-refractivity contribution in [3.63, 3.8) is 0 Å². The van der Waals surface area contributed by atoms with Gasteiger partial charge in [-0.15, -0.1) is 23.5 Å². The molecule has 0 saturated carbocycles. The molecule has 1 heterocycles. The lowest BCUT2D eigenvalue weighted by atomic mass is 9.82. The molecule has 0 aliphatic carbocycles. The highest BCUT2D eigenvalue weighted by molar-refractivity contribution is 8.18. The van der Waals surface area contributed by atoms with Crippen LogP contribution >= 0.6 is 23.5 Å². The maximum atomic E-state index is 2.42. The van der Waals surface area contributed by atoms with Crippen LogP contribution in [0.2, 0.25) is 0 Å². The lowest BCUT2D eigenvalue weighted by Gasteiger charge is -2.47. The number of hydrogen-bond acceptors (Lipinski definition) is 2. The van der Waals surface area contributed by atoms with Gasteiger partial charge in [0.05, 0.1) is 4.08 Å². The molecule has 0 spiro atoms. The number of rotatable bonds is 2. The van der Waals surface area contributed by atoms with Crippen LogP contribution in [0.25, 0.3) is 0 Å². The van der Waals surface area contributed by atoms with Gasteiger partial charge in [0.15, 0.2) is 0 Å². The zero-order valence-electron chi connectivity index (χ0n) is 11.9. The Morgan fingerprint density at radius 1 is 0.938 bits per heavy atom. The van der Waals surface area contributed by atoms with E-state index < -0.39 is 0 Å². The van der Waals surface area contributed by atoms with E-state index in [0.717, 1.165) is 0 Å². The average Bonchev–Trinajstić information content (AvgIpc) is 2.13. The molecular weight excluding hydrogens is 232 g/mol. The molecule has 1 fully saturated rings. The van der Waals surface area contributed by atoms with E-state index in [1.54, 1.807) is 0 Å². The van der Waals surface area contributed by atoms with Gasteiger partial charge in [0, 0.05) is 0 Å². The first kappa shape index (κ1) is 14.8. The SMILES string of the molecule is CC(C)(C)CCC1(C(C)(C)C)SCCCS1. The molecule has 0 aromatic rings. The van der Waals surface area contributed by atoms with Crippen LogP contribution in [0.3, 0.4) is 0 Å². The standard InChI is InChI=1S/C14H28S2/c1-12(2,3)8-9-14(13(4,5)6)15-10-7-11-16-14/h7-11H2,1-6H3. The van der Waals surface area contributed by atoms with E-state index in [9.17, 15) is 0 Å². The Balaban J connectivity index is 2.72. The summed E-state index contributed by atoms with van der Waals surface area (Å²) in [5, 5.41) is 0. The fourth-order valence-electron chi connectivity index (χ4n) is 2.07. The summed E-state index contributed by atoms with van der Waals surface area (Å²) in [7, 11) is 0. The van der Waals surface area contributed by atoms with Crippen molar-refractivity contribution in [2.75, 3.05) is 11.5 Å². The molecule has 0 radical (unpaired) electrons. The van der Waals surface area contributed by atoms with Gasteiger partial charge in [0.2, 0.25) is 0 Å². The van der Waals surface area contributed by atoms with Gasteiger partial charge in [0.1, 0.15) is 0 Å². The summed E-state index contributed by atoms with van der Waals surface area (Å²) < 4.78 is 0.457. The van der Waals surface area contributed by atoms with Crippen molar-refractivity contribution in [2.45, 2.75) is 64.9 Å². The Bertz CT molecular complexity index is 214. The first-order chi connectivity index (χ1) is 7.16. The molecule has 0 atom stereocenters. The van der Waals surface area contributed by atoms with Crippen molar-refractivity contribution in [1.82, 2.24) is 0 Å². The minimum Gasteiger partial charge on any atom is -0.144 e. The van der Waals surface area contributed by atoms with Gasteiger partial charge in [-0.3, -0.25) is 0 Å². The van der Waals surface area contributed by atoms with Gasteiger partial charge in [-0.2, -0.15) is 0 Å². The molecule has 1 saturated heterocycles. The fraction of sp³-hybridized carbons (Fsp3) is 1.00. The summed E-state index contributed by atoms with van der Waals surface area (Å²) in [4.78, 5) is 0. The Morgan fingerprint density at radius 3 is 1.81 bits per heavy atom. The lowest BCUT2D eigenvalue weighted by Crippen LogP contribution is -2.39. The second-order valence-corrected chi connectivity index (χ2v) is 10.2. The topological polar surface area (TPSA) is 0 Å². The summed E-state index contributed by atoms with van der Waals surface area (Å²) in [5.74, 6) is 2.71. The molecule has 1 rings (SSSR count). The highest BCUT2D eigenvalue weighted by atomic mass is 32.2. The van der Waals surface area contributed by atoms with Crippen LogP contribution in [0.5, 0.6) is 0 Å². The van der Waals surface area contributed by atoms with E-state index in [1.165, 1.54) is 30.8 Å². The van der Waals surface area contributed by atoms with E-state index >= 15 is 0 Å². The summed E-state index contributed by atoms with van der Waals surface area (Å²) in [6.45, 7) is 14.3. The van der Waals surface area contributed by atoms with E-state index in [2.05, 4.69) is 65.1 Å². The molecular formula is C14H28S2. The Hall–Kier alpha value is 0.700. The van der Waals surface area contributed by atoms with Crippen molar-refractivity contribution >= 4 is 23.5 Å². The largest absolute Gasteiger partial charge is 0.144 e. The quantitative estimate of drug-likeness (QED) is 0.649. The Morgan fingerprint density at radius 2 is 1.44 bits per heavy atom. The lowest BCUT2D eigenvalue weighted by molar-refractivity contribution is 0.292. The van der Waals surface area contributed by atoms with Crippen molar-refractivity contribution < 1.29 is 0 Å². The van der Waals surface area contributed by atoms with Gasteiger partial charge in [0.25, 0.3) is 0 Å². The van der Waals surface area contributed by atoms with Crippen molar-refractivity contribution in [2.24, 2.45) is 10.8 Å². The van der Waals surface area contributed by atoms with Crippen molar-refractivity contribution in [3.8, 4) is 0 Å². The Kier molecular flexibility index (Phi) is 4.74. The third kappa shape index (κ3) is 3.87. The summed E-state index contributed by atoms with van der Waals surface area (Å²) >= 11 is 4.44. The fourth-order valence-corrected chi connectivity index (χ4v) is 5.68. The minimum atomic E-state index is 0.411. The number of thioether (sulfide) groups is 2. The molecule has 96 valence electrons. The Labute approximate surface area is 111 Å². The third-order valence-electron chi connectivity index (χ3n) is 3.31. The monoisotopic (exact) mass is 260 g/mol. The summed E-state index contributed by atoms with van der Waals surface area (Å²) in [5.41, 5.74) is 0.880. The van der Waals surface area contributed by atoms with Gasteiger partial charge in [-0.05, 0) is 41.6 Å². The second-order valence-electron chi connectivity index (χ2n) is 7.11. The smallest absolute Gasteiger partial charge is 0.0659 e. The third-order valence-corrected chi connectivity index (χ3v) is 7.56. The van der Waals surface area contributed by atoms with Crippen molar-refractivity contribution in [3.05, 3.63) is 0 Å². The molecule has 0 amide bonds. The predicted octanol–water partition coefficient (Wildman–Crippen LogP) is 5.43. The number of hydrogen-bond donors (Lipinski definition) is 0. The molecule has 1 aliphatic rings. The van der Waals surface area contributed by atoms with Gasteiger partial charge >= 0.3 is 0 Å². The maximum absolute atomic E-state index is 2.42. The normalized spacial score (nSPS) is 22.1. The van der Waals surface area contributed by atoms with Crippen LogP contribution in [-0.4, -0.2) is 15.6 Å². The molecule has 0 N–H and O–H groups in total. The van der Waals surface area contributed by atoms with Crippen LogP contribution in [-0.2, 0) is 0 Å². The highest BCUT2D eigenvalue weighted by Gasteiger charge is 2.44. The first-order valence-electron chi connectivity index (χ1n) is 6.44. The molecule has 0 unspecified atom stereocenters. The van der Waals surface area contributed by atoms with E-state index in [-0.39, 0.29) is 0 Å². The van der Waals surface area contributed by atoms with E-state index in [0.29, 0.717) is 14.9 Å². The molecule has 0 aromatic carbocycles. The first-order valence-corrected chi connectivity index (χ1v) is 8.41. The van der Waals surface area contributed by atoms with Crippen LogP contribution in [0, 0.1) is 10.8 Å². The zero-order valence-corrected chi connectivity index (χ0v) is 13.5. The maximum Gasteiger partial charge on any atom is 0.0659 e. The van der Waals surface area contributed by atoms with E-state index in [4.69, 9.17) is 0 Å². The molecule has 0 nitrogen and oxygen atoms in total. The van der Waals surface area contributed by atoms with Gasteiger partial charge in [-0.25, -0.2) is 0 Å². The molecule has 0 aromatic heterocycles. The molecule has 0 bridgehead atoms. The van der Waals surface area contributed by atoms with Crippen LogP contribution in [0.4, 0.5) is 0 Å². The van der Waals surface area contributed by atoms with Crippen LogP contribution < -0.4 is 0 Å². The second kappa shape index (κ2) is 5.14. The zero-order chi connectivity index (χ0) is 12.4. The van der Waals surface area contributed by atoms with Crippen molar-refractivity contribution in [1.29, 1.82) is 0 Å². The van der Waals surface area contributed by atoms with Crippen LogP contribution in [0.1, 0.15) is 60.8 Å². The minimum absolute atomic E-state index is 0.411. The van der Waals surface area contributed by atoms with Gasteiger partial charge in [-0.1, -0.05) is 41.5 Å². The molecule has 2 heteroatoms. The average molecular weight is 261 g/mol.